The van der Waals surface area contributed by atoms with Crippen LogP contribution in [-0.2, 0) is 9.84 Å². The first-order chi connectivity index (χ1) is 14.5. The number of benzene rings is 2. The fourth-order valence-corrected chi connectivity index (χ4v) is 6.06. The van der Waals surface area contributed by atoms with Crippen molar-refractivity contribution in [3.05, 3.63) is 42.2 Å². The molecule has 2 rings (SSSR count). The molecule has 0 aliphatic rings. The molecule has 31 heavy (non-hydrogen) atoms. The number of hydrogen-bond acceptors (Lipinski definition) is 4. The molecule has 2 aromatic carbocycles. The summed E-state index contributed by atoms with van der Waals surface area (Å²) in [6, 6.07) is 6.33. The Labute approximate surface area is 248 Å². The normalized spacial score (nSPS) is 13.7. The third-order valence-electron chi connectivity index (χ3n) is 3.73. The average molecular weight is 966 g/mol. The minimum atomic E-state index is -3.99. The summed E-state index contributed by atoms with van der Waals surface area (Å²) < 4.78 is 41.8. The molecule has 13 heteroatoms. The Balaban J connectivity index is 2.61. The minimum absolute atomic E-state index is 0.0197. The first-order valence-electron chi connectivity index (χ1n) is 8.40. The fourth-order valence-electron chi connectivity index (χ4n) is 2.23. The van der Waals surface area contributed by atoms with Crippen LogP contribution in [0.2, 0.25) is 0 Å². The van der Waals surface area contributed by atoms with Crippen molar-refractivity contribution in [1.82, 2.24) is 0 Å². The van der Waals surface area contributed by atoms with Crippen molar-refractivity contribution in [1.29, 1.82) is 0 Å². The van der Waals surface area contributed by atoms with Gasteiger partial charge >= 0.3 is 0 Å². The van der Waals surface area contributed by atoms with Gasteiger partial charge in [0.25, 0.3) is 0 Å². The largest absolute Gasteiger partial charge is 0.491 e. The van der Waals surface area contributed by atoms with E-state index in [1.165, 1.54) is 12.1 Å². The van der Waals surface area contributed by atoms with Crippen LogP contribution in [0.4, 0.5) is 0 Å². The number of ether oxygens (including phenoxy) is 2. The van der Waals surface area contributed by atoms with E-state index >= 15 is 0 Å². The Morgan fingerprint density at radius 2 is 1.00 bits per heavy atom. The zero-order valence-corrected chi connectivity index (χ0v) is 28.9. The highest BCUT2D eigenvalue weighted by atomic mass is 79.9. The van der Waals surface area contributed by atoms with Crippen molar-refractivity contribution in [3.8, 4) is 11.5 Å². The molecule has 0 bridgehead atoms. The molecule has 0 fully saturated rings. The molecule has 0 saturated heterocycles. The number of hydrogen-bond donors (Lipinski definition) is 0. The third-order valence-corrected chi connectivity index (χ3v) is 13.7. The molecule has 0 amide bonds. The molecule has 0 heterocycles. The second-order valence-corrected chi connectivity index (χ2v) is 15.2. The van der Waals surface area contributed by atoms with E-state index in [4.69, 9.17) is 9.47 Å². The first kappa shape index (κ1) is 29.1. The van der Waals surface area contributed by atoms with Gasteiger partial charge in [0, 0.05) is 28.6 Å². The van der Waals surface area contributed by atoms with Gasteiger partial charge in [-0.05, 0) is 88.0 Å². The van der Waals surface area contributed by atoms with Gasteiger partial charge < -0.3 is 9.47 Å². The monoisotopic (exact) mass is 957 g/mol. The molecular formula is C18H14Br8O4S. The standard InChI is InChI=1S/C18H14Br8O4S/c19-5-9(21)7-29-15-1-11(23)13(25)3-17(15)31(27,28)18-4-14(26)12(24)2-16(18)30-8-10(22)6-20/h1-4,9-10H,5-8H2. The van der Waals surface area contributed by atoms with Crippen LogP contribution in [0.1, 0.15) is 0 Å². The van der Waals surface area contributed by atoms with E-state index in [0.29, 0.717) is 28.6 Å². The van der Waals surface area contributed by atoms with E-state index in [9.17, 15) is 8.42 Å². The summed E-state index contributed by atoms with van der Waals surface area (Å²) in [6.45, 7) is 0.567. The molecule has 2 aromatic rings. The SMILES string of the molecule is O=S(=O)(c1cc(Br)c(Br)cc1OCC(Br)CBr)c1cc(Br)c(Br)cc1OCC(Br)CBr. The zero-order valence-electron chi connectivity index (χ0n) is 15.4. The lowest BCUT2D eigenvalue weighted by Crippen LogP contribution is -2.16. The lowest BCUT2D eigenvalue weighted by molar-refractivity contribution is 0.314. The molecule has 2 atom stereocenters. The van der Waals surface area contributed by atoms with Gasteiger partial charge in [0.15, 0.2) is 0 Å². The van der Waals surface area contributed by atoms with Crippen LogP contribution < -0.4 is 9.47 Å². The summed E-state index contributed by atoms with van der Waals surface area (Å²) in [6.07, 6.45) is 0. The number of alkyl halides is 4. The number of sulfone groups is 1. The maximum atomic E-state index is 13.8. The van der Waals surface area contributed by atoms with Crippen molar-refractivity contribution >= 4 is 137 Å². The van der Waals surface area contributed by atoms with Crippen LogP contribution >= 0.6 is 127 Å². The van der Waals surface area contributed by atoms with Gasteiger partial charge in [0.2, 0.25) is 9.84 Å². The Bertz CT molecular complexity index is 956. The van der Waals surface area contributed by atoms with Crippen LogP contribution in [0.3, 0.4) is 0 Å². The summed E-state index contributed by atoms with van der Waals surface area (Å²) in [5.74, 6) is 0.480. The van der Waals surface area contributed by atoms with E-state index in [1.54, 1.807) is 12.1 Å². The lowest BCUT2D eigenvalue weighted by Gasteiger charge is -2.18. The summed E-state index contributed by atoms with van der Waals surface area (Å²) in [5, 5.41) is 1.32. The Morgan fingerprint density at radius 1 is 0.677 bits per heavy atom. The van der Waals surface area contributed by atoms with Crippen molar-refractivity contribution in [2.75, 3.05) is 23.9 Å². The highest BCUT2D eigenvalue weighted by Crippen LogP contribution is 2.42. The Hall–Kier alpha value is 1.83. The van der Waals surface area contributed by atoms with E-state index in [-0.39, 0.29) is 44.2 Å². The minimum Gasteiger partial charge on any atom is -0.491 e. The second-order valence-electron chi connectivity index (χ2n) is 6.05. The molecule has 0 spiro atoms. The summed E-state index contributed by atoms with van der Waals surface area (Å²) in [4.78, 5) is 0.108. The Morgan fingerprint density at radius 3 is 1.32 bits per heavy atom. The summed E-state index contributed by atoms with van der Waals surface area (Å²) in [7, 11) is -3.99. The third kappa shape index (κ3) is 7.91. The summed E-state index contributed by atoms with van der Waals surface area (Å²) >= 11 is 27.3. The predicted octanol–water partition coefficient (Wildman–Crippen LogP) is 8.64. The molecule has 2 unspecified atom stereocenters. The molecule has 0 aliphatic carbocycles. The quantitative estimate of drug-likeness (QED) is 0.224. The first-order valence-corrected chi connectivity index (χ1v) is 17.1. The molecule has 0 radical (unpaired) electrons. The van der Waals surface area contributed by atoms with Crippen LogP contribution in [0.5, 0.6) is 11.5 Å². The predicted molar refractivity (Wildman–Crippen MR) is 153 cm³/mol. The van der Waals surface area contributed by atoms with Gasteiger partial charge in [-0.1, -0.05) is 63.7 Å². The topological polar surface area (TPSA) is 52.6 Å². The highest BCUT2D eigenvalue weighted by Gasteiger charge is 2.29. The molecule has 0 saturated carbocycles. The van der Waals surface area contributed by atoms with Gasteiger partial charge in [0.1, 0.15) is 34.5 Å². The van der Waals surface area contributed by atoms with Gasteiger partial charge in [-0.3, -0.25) is 0 Å². The van der Waals surface area contributed by atoms with Crippen LogP contribution in [-0.4, -0.2) is 41.9 Å². The van der Waals surface area contributed by atoms with Crippen molar-refractivity contribution in [2.45, 2.75) is 19.4 Å². The molecule has 0 aliphatic heterocycles. The van der Waals surface area contributed by atoms with Gasteiger partial charge in [0.05, 0.1) is 9.65 Å². The molecule has 0 aromatic heterocycles. The average Bonchev–Trinajstić information content (AvgIpc) is 2.73. The van der Waals surface area contributed by atoms with Gasteiger partial charge in [-0.2, -0.15) is 0 Å². The summed E-state index contributed by atoms with van der Waals surface area (Å²) in [5.41, 5.74) is 0. The number of halogens is 8. The zero-order chi connectivity index (χ0) is 23.3. The molecule has 0 N–H and O–H groups in total. The van der Waals surface area contributed by atoms with Crippen LogP contribution in [0, 0.1) is 0 Å². The van der Waals surface area contributed by atoms with E-state index < -0.39 is 9.84 Å². The maximum Gasteiger partial charge on any atom is 0.213 e. The molecule has 4 nitrogen and oxygen atoms in total. The molecule has 172 valence electrons. The lowest BCUT2D eigenvalue weighted by atomic mass is 10.3. The van der Waals surface area contributed by atoms with Gasteiger partial charge in [-0.15, -0.1) is 0 Å². The second kappa shape index (κ2) is 13.2. The van der Waals surface area contributed by atoms with Gasteiger partial charge in [-0.25, -0.2) is 8.42 Å². The fraction of sp³-hybridized carbons (Fsp3) is 0.333. The van der Waals surface area contributed by atoms with Crippen LogP contribution in [0.25, 0.3) is 0 Å². The van der Waals surface area contributed by atoms with Crippen LogP contribution in [0.15, 0.2) is 51.9 Å². The van der Waals surface area contributed by atoms with E-state index in [0.717, 1.165) is 0 Å². The van der Waals surface area contributed by atoms with E-state index in [2.05, 4.69) is 127 Å². The molecular weight excluding hydrogens is 951 g/mol. The van der Waals surface area contributed by atoms with Crippen molar-refractivity contribution < 1.29 is 17.9 Å². The Kier molecular flexibility index (Phi) is 12.4. The van der Waals surface area contributed by atoms with Crippen molar-refractivity contribution in [2.24, 2.45) is 0 Å². The maximum absolute atomic E-state index is 13.8. The van der Waals surface area contributed by atoms with Crippen molar-refractivity contribution in [3.63, 3.8) is 0 Å². The smallest absolute Gasteiger partial charge is 0.213 e. The van der Waals surface area contributed by atoms with E-state index in [1.807, 2.05) is 0 Å². The number of rotatable bonds is 10. The highest BCUT2D eigenvalue weighted by molar-refractivity contribution is 9.13.